The van der Waals surface area contributed by atoms with E-state index in [2.05, 4.69) is 10.2 Å². The molecule has 3 rings (SSSR count). The predicted octanol–water partition coefficient (Wildman–Crippen LogP) is 1.58. The van der Waals surface area contributed by atoms with Crippen LogP contribution >= 0.6 is 0 Å². The smallest absolute Gasteiger partial charge is 0.282 e. The second kappa shape index (κ2) is 6.98. The van der Waals surface area contributed by atoms with E-state index in [1.807, 2.05) is 0 Å². The highest BCUT2D eigenvalue weighted by molar-refractivity contribution is 5.80. The van der Waals surface area contributed by atoms with Gasteiger partial charge in [-0.2, -0.15) is 10.2 Å². The molecular weight excluding hydrogens is 334 g/mol. The largest absolute Gasteiger partial charge is 0.497 e. The topological polar surface area (TPSA) is 82.2 Å². The van der Waals surface area contributed by atoms with Gasteiger partial charge in [0, 0.05) is 0 Å². The van der Waals surface area contributed by atoms with Crippen molar-refractivity contribution < 1.29 is 18.6 Å². The maximum atomic E-state index is 13.3. The van der Waals surface area contributed by atoms with Crippen molar-refractivity contribution >= 4 is 10.9 Å². The zero-order valence-corrected chi connectivity index (χ0v) is 13.4. The molecule has 0 aliphatic rings. The number of halogens is 2. The van der Waals surface area contributed by atoms with Gasteiger partial charge in [0.2, 0.25) is 0 Å². The molecule has 0 unspecified atom stereocenters. The summed E-state index contributed by atoms with van der Waals surface area (Å²) >= 11 is 0. The fourth-order valence-electron chi connectivity index (χ4n) is 2.58. The van der Waals surface area contributed by atoms with Crippen LogP contribution in [-0.2, 0) is 13.1 Å². The number of fused-ring (bicyclic) bond motifs is 1. The average Bonchev–Trinajstić information content (AvgIpc) is 2.98. The van der Waals surface area contributed by atoms with Crippen molar-refractivity contribution in [2.45, 2.75) is 19.5 Å². The van der Waals surface area contributed by atoms with E-state index in [0.29, 0.717) is 5.75 Å². The molecule has 1 aromatic carbocycles. The third kappa shape index (κ3) is 3.22. The Morgan fingerprint density at radius 1 is 1.24 bits per heavy atom. The molecule has 3 aromatic rings. The van der Waals surface area contributed by atoms with Crippen LogP contribution in [0.25, 0.3) is 10.9 Å². The van der Waals surface area contributed by atoms with E-state index in [4.69, 9.17) is 9.84 Å². The van der Waals surface area contributed by atoms with Gasteiger partial charge in [0.1, 0.15) is 11.4 Å². The van der Waals surface area contributed by atoms with Crippen LogP contribution in [0.1, 0.15) is 17.7 Å². The molecule has 7 nitrogen and oxygen atoms in total. The third-order valence-corrected chi connectivity index (χ3v) is 3.80. The molecule has 132 valence electrons. The Kier molecular flexibility index (Phi) is 4.75. The van der Waals surface area contributed by atoms with Crippen LogP contribution < -0.4 is 10.3 Å². The summed E-state index contributed by atoms with van der Waals surface area (Å²) in [7, 11) is 1.55. The highest BCUT2D eigenvalue weighted by atomic mass is 19.3. The van der Waals surface area contributed by atoms with Gasteiger partial charge in [0.25, 0.3) is 12.0 Å². The Morgan fingerprint density at radius 3 is 2.56 bits per heavy atom. The molecule has 0 atom stereocenters. The first-order valence-corrected chi connectivity index (χ1v) is 7.53. The molecule has 0 spiro atoms. The van der Waals surface area contributed by atoms with E-state index >= 15 is 0 Å². The van der Waals surface area contributed by atoms with Crippen LogP contribution in [0.4, 0.5) is 8.78 Å². The van der Waals surface area contributed by atoms with Crippen molar-refractivity contribution in [2.75, 3.05) is 13.7 Å². The Morgan fingerprint density at radius 2 is 1.96 bits per heavy atom. The van der Waals surface area contributed by atoms with Gasteiger partial charge in [0.05, 0.1) is 43.9 Å². The number of aromatic nitrogens is 4. The van der Waals surface area contributed by atoms with Gasteiger partial charge in [-0.25, -0.2) is 13.5 Å². The highest BCUT2D eigenvalue weighted by Crippen LogP contribution is 2.24. The molecule has 25 heavy (non-hydrogen) atoms. The number of hydrogen-bond acceptors (Lipinski definition) is 5. The summed E-state index contributed by atoms with van der Waals surface area (Å²) in [5.41, 5.74) is -0.288. The van der Waals surface area contributed by atoms with Crippen LogP contribution in [0.3, 0.4) is 0 Å². The average molecular weight is 350 g/mol. The Bertz CT molecular complexity index is 935. The molecule has 0 bridgehead atoms. The highest BCUT2D eigenvalue weighted by Gasteiger charge is 2.22. The maximum Gasteiger partial charge on any atom is 0.282 e. The normalized spacial score (nSPS) is 11.4. The summed E-state index contributed by atoms with van der Waals surface area (Å²) in [5, 5.41) is 16.6. The van der Waals surface area contributed by atoms with Gasteiger partial charge in [-0.05, 0) is 17.7 Å². The fourth-order valence-corrected chi connectivity index (χ4v) is 2.58. The summed E-state index contributed by atoms with van der Waals surface area (Å²) in [5.74, 6) is 0.671. The summed E-state index contributed by atoms with van der Waals surface area (Å²) in [4.78, 5) is 12.6. The van der Waals surface area contributed by atoms with Gasteiger partial charge in [-0.1, -0.05) is 12.1 Å². The standard InChI is InChI=1S/C16H16F2N4O3/c1-25-11-4-2-10(3-5-11)9-22-16(24)13-12(8-19-22)21(6-7-23)20-14(13)15(17)18/h2-5,8,15,23H,6-7,9H2,1H3. The number of hydrogen-bond donors (Lipinski definition) is 1. The van der Waals surface area contributed by atoms with Gasteiger partial charge in [0.15, 0.2) is 0 Å². The molecule has 0 saturated heterocycles. The number of aliphatic hydroxyl groups excluding tert-OH is 1. The van der Waals surface area contributed by atoms with Crippen LogP contribution in [0, 0.1) is 0 Å². The SMILES string of the molecule is COc1ccc(Cn2ncc3c(c(C(F)F)nn3CCO)c2=O)cc1. The van der Waals surface area contributed by atoms with Gasteiger partial charge < -0.3 is 9.84 Å². The van der Waals surface area contributed by atoms with Crippen LogP contribution in [0.5, 0.6) is 5.75 Å². The molecular formula is C16H16F2N4O3. The van der Waals surface area contributed by atoms with Crippen molar-refractivity contribution in [2.24, 2.45) is 0 Å². The van der Waals surface area contributed by atoms with E-state index in [1.165, 1.54) is 10.9 Å². The van der Waals surface area contributed by atoms with Crippen LogP contribution in [0.2, 0.25) is 0 Å². The lowest BCUT2D eigenvalue weighted by Crippen LogP contribution is -2.24. The van der Waals surface area contributed by atoms with Gasteiger partial charge in [-0.15, -0.1) is 0 Å². The summed E-state index contributed by atoms with van der Waals surface area (Å²) in [6, 6.07) is 7.01. The molecule has 0 aliphatic heterocycles. The third-order valence-electron chi connectivity index (χ3n) is 3.80. The first kappa shape index (κ1) is 17.0. The predicted molar refractivity (Wildman–Crippen MR) is 85.9 cm³/mol. The fraction of sp³-hybridized carbons (Fsp3) is 0.312. The summed E-state index contributed by atoms with van der Waals surface area (Å²) < 4.78 is 33.9. The van der Waals surface area contributed by atoms with Crippen molar-refractivity contribution in [3.05, 3.63) is 52.1 Å². The molecule has 1 N–H and O–H groups in total. The minimum absolute atomic E-state index is 0.00678. The zero-order valence-electron chi connectivity index (χ0n) is 13.4. The lowest BCUT2D eigenvalue weighted by Gasteiger charge is -2.07. The monoisotopic (exact) mass is 350 g/mol. The number of rotatable bonds is 6. The van der Waals surface area contributed by atoms with E-state index in [-0.39, 0.29) is 30.6 Å². The van der Waals surface area contributed by atoms with E-state index < -0.39 is 17.7 Å². The first-order valence-electron chi connectivity index (χ1n) is 7.53. The molecule has 0 radical (unpaired) electrons. The van der Waals surface area contributed by atoms with E-state index in [0.717, 1.165) is 10.2 Å². The second-order valence-corrected chi connectivity index (χ2v) is 5.35. The van der Waals surface area contributed by atoms with Crippen molar-refractivity contribution in [3.8, 4) is 5.75 Å². The van der Waals surface area contributed by atoms with Gasteiger partial charge in [-0.3, -0.25) is 9.48 Å². The maximum absolute atomic E-state index is 13.3. The summed E-state index contributed by atoms with van der Waals surface area (Å²) in [6.07, 6.45) is -1.58. The minimum atomic E-state index is -2.90. The Labute approximate surface area is 141 Å². The molecule has 2 heterocycles. The minimum Gasteiger partial charge on any atom is -0.497 e. The molecule has 0 aliphatic carbocycles. The second-order valence-electron chi connectivity index (χ2n) is 5.35. The number of alkyl halides is 2. The zero-order chi connectivity index (χ0) is 18.0. The number of ether oxygens (including phenoxy) is 1. The van der Waals surface area contributed by atoms with Crippen molar-refractivity contribution in [3.63, 3.8) is 0 Å². The van der Waals surface area contributed by atoms with Crippen LogP contribution in [0.15, 0.2) is 35.3 Å². The van der Waals surface area contributed by atoms with Crippen molar-refractivity contribution in [1.29, 1.82) is 0 Å². The molecule has 9 heteroatoms. The molecule has 2 aromatic heterocycles. The molecule has 0 amide bonds. The quantitative estimate of drug-likeness (QED) is 0.730. The Balaban J connectivity index is 2.06. The number of nitrogens with zero attached hydrogens (tertiary/aromatic N) is 4. The summed E-state index contributed by atoms with van der Waals surface area (Å²) in [6.45, 7) is -0.145. The van der Waals surface area contributed by atoms with Gasteiger partial charge >= 0.3 is 0 Å². The number of methoxy groups -OCH3 is 1. The van der Waals surface area contributed by atoms with E-state index in [9.17, 15) is 13.6 Å². The number of aliphatic hydroxyl groups is 1. The van der Waals surface area contributed by atoms with E-state index in [1.54, 1.807) is 31.4 Å². The lowest BCUT2D eigenvalue weighted by atomic mass is 10.2. The van der Waals surface area contributed by atoms with Crippen LogP contribution in [-0.4, -0.2) is 38.4 Å². The number of benzene rings is 1. The molecule has 0 saturated carbocycles. The van der Waals surface area contributed by atoms with Crippen molar-refractivity contribution in [1.82, 2.24) is 19.6 Å². The lowest BCUT2D eigenvalue weighted by molar-refractivity contribution is 0.146. The first-order chi connectivity index (χ1) is 12.0. The molecule has 0 fully saturated rings. The Hall–Kier alpha value is -2.81.